The van der Waals surface area contributed by atoms with Gasteiger partial charge in [0.05, 0.1) is 13.2 Å². The van der Waals surface area contributed by atoms with Gasteiger partial charge < -0.3 is 20.1 Å². The number of hydrogen-bond acceptors (Lipinski definition) is 4. The van der Waals surface area contributed by atoms with Crippen LogP contribution in [0.4, 0.5) is 4.79 Å². The molecule has 21 heavy (non-hydrogen) atoms. The molecule has 0 aliphatic carbocycles. The fourth-order valence-corrected chi connectivity index (χ4v) is 2.79. The van der Waals surface area contributed by atoms with Crippen LogP contribution in [0.1, 0.15) is 26.7 Å². The van der Waals surface area contributed by atoms with E-state index in [1.54, 1.807) is 0 Å². The maximum Gasteiger partial charge on any atom is 0.405 e. The Balaban J connectivity index is 2.17. The normalized spacial score (nSPS) is 19.2. The minimum absolute atomic E-state index is 0.369. The number of amides is 1. The molecule has 120 valence electrons. The highest BCUT2D eigenvalue weighted by atomic mass is 16.5. The van der Waals surface area contributed by atoms with Gasteiger partial charge in [-0.1, -0.05) is 5.11 Å². The summed E-state index contributed by atoms with van der Waals surface area (Å²) in [6, 6.07) is 0. The predicted molar refractivity (Wildman–Crippen MR) is 79.2 cm³/mol. The van der Waals surface area contributed by atoms with Gasteiger partial charge in [0.25, 0.3) is 0 Å². The van der Waals surface area contributed by atoms with Crippen molar-refractivity contribution >= 4 is 6.09 Å². The van der Waals surface area contributed by atoms with E-state index in [9.17, 15) is 4.79 Å². The largest absolute Gasteiger partial charge is 0.465 e. The number of ether oxygens (including phenoxy) is 1. The van der Waals surface area contributed by atoms with Crippen molar-refractivity contribution in [2.45, 2.75) is 32.2 Å². The first-order chi connectivity index (χ1) is 9.93. The third kappa shape index (κ3) is 7.75. The molecule has 1 fully saturated rings. The molecule has 1 heterocycles. The topological polar surface area (TPSA) is 111 Å². The lowest BCUT2D eigenvalue weighted by atomic mass is 9.90. The summed E-state index contributed by atoms with van der Waals surface area (Å²) in [4.78, 5) is 15.7. The number of rotatable bonds is 9. The van der Waals surface area contributed by atoms with Crippen molar-refractivity contribution in [2.24, 2.45) is 11.0 Å². The summed E-state index contributed by atoms with van der Waals surface area (Å²) >= 11 is 0. The molecular formula is C13H25N5O3. The van der Waals surface area contributed by atoms with Crippen molar-refractivity contribution < 1.29 is 14.6 Å². The number of nitrogens with zero attached hydrogens (tertiary/aromatic N) is 4. The van der Waals surface area contributed by atoms with Crippen molar-refractivity contribution in [1.29, 1.82) is 0 Å². The molecule has 1 rings (SSSR count). The van der Waals surface area contributed by atoms with Gasteiger partial charge in [0.1, 0.15) is 0 Å². The van der Waals surface area contributed by atoms with E-state index in [0.29, 0.717) is 25.7 Å². The van der Waals surface area contributed by atoms with Gasteiger partial charge in [0, 0.05) is 30.1 Å². The first-order valence-corrected chi connectivity index (χ1v) is 7.25. The van der Waals surface area contributed by atoms with E-state index in [1.165, 1.54) is 0 Å². The van der Waals surface area contributed by atoms with Crippen LogP contribution in [-0.4, -0.2) is 61.0 Å². The molecule has 0 unspecified atom stereocenters. The number of carbonyl (C=O) groups is 1. The average Bonchev–Trinajstić information content (AvgIpc) is 2.78. The van der Waals surface area contributed by atoms with Crippen LogP contribution in [0.25, 0.3) is 10.4 Å². The number of carboxylic acid groups (broad SMARTS) is 1. The first-order valence-electron chi connectivity index (χ1n) is 7.25. The van der Waals surface area contributed by atoms with E-state index >= 15 is 0 Å². The minimum atomic E-state index is -0.969. The van der Waals surface area contributed by atoms with Crippen LogP contribution in [-0.2, 0) is 4.74 Å². The second-order valence-corrected chi connectivity index (χ2v) is 6.04. The molecule has 0 aromatic carbocycles. The minimum Gasteiger partial charge on any atom is -0.465 e. The van der Waals surface area contributed by atoms with E-state index in [4.69, 9.17) is 15.4 Å². The average molecular weight is 299 g/mol. The zero-order valence-electron chi connectivity index (χ0n) is 12.8. The van der Waals surface area contributed by atoms with Crippen LogP contribution in [0.15, 0.2) is 5.11 Å². The van der Waals surface area contributed by atoms with Gasteiger partial charge in [-0.3, -0.25) is 0 Å². The lowest BCUT2D eigenvalue weighted by molar-refractivity contribution is 0.115. The second kappa shape index (κ2) is 8.71. The smallest absolute Gasteiger partial charge is 0.405 e. The molecule has 0 aromatic heterocycles. The lowest BCUT2D eigenvalue weighted by Crippen LogP contribution is -2.44. The predicted octanol–water partition coefficient (Wildman–Crippen LogP) is 2.07. The fraction of sp³-hybridized carbons (Fsp3) is 0.923. The summed E-state index contributed by atoms with van der Waals surface area (Å²) in [5, 5.41) is 14.8. The number of likely N-dealkylation sites (tertiary alicyclic amines) is 1. The molecule has 0 saturated carbocycles. The Hall–Kier alpha value is -1.50. The monoisotopic (exact) mass is 299 g/mol. The van der Waals surface area contributed by atoms with E-state index in [1.807, 2.05) is 13.8 Å². The van der Waals surface area contributed by atoms with E-state index in [0.717, 1.165) is 32.5 Å². The van der Waals surface area contributed by atoms with Crippen LogP contribution in [0.3, 0.4) is 0 Å². The van der Waals surface area contributed by atoms with Gasteiger partial charge in [-0.2, -0.15) is 0 Å². The van der Waals surface area contributed by atoms with Gasteiger partial charge >= 0.3 is 6.09 Å². The van der Waals surface area contributed by atoms with Crippen LogP contribution >= 0.6 is 0 Å². The molecule has 0 spiro atoms. The van der Waals surface area contributed by atoms with Gasteiger partial charge in [-0.25, -0.2) is 4.79 Å². The lowest BCUT2D eigenvalue weighted by Gasteiger charge is -2.28. The van der Waals surface area contributed by atoms with Crippen LogP contribution in [0.2, 0.25) is 0 Å². The van der Waals surface area contributed by atoms with Gasteiger partial charge in [0.2, 0.25) is 0 Å². The third-order valence-corrected chi connectivity index (χ3v) is 3.57. The summed E-state index contributed by atoms with van der Waals surface area (Å²) in [6.45, 7) is 8.15. The Bertz CT molecular complexity index is 382. The molecule has 2 N–H and O–H groups in total. The summed E-state index contributed by atoms with van der Waals surface area (Å²) in [5.41, 5.74) is 7.73. The van der Waals surface area contributed by atoms with Crippen molar-refractivity contribution in [1.82, 2.24) is 10.2 Å². The summed E-state index contributed by atoms with van der Waals surface area (Å²) in [6.07, 6.45) is 0.958. The highest BCUT2D eigenvalue weighted by Gasteiger charge is 2.29. The zero-order chi connectivity index (χ0) is 15.7. The molecule has 0 aromatic rings. The van der Waals surface area contributed by atoms with Gasteiger partial charge in [-0.15, -0.1) is 0 Å². The molecule has 1 saturated heterocycles. The maximum absolute atomic E-state index is 10.7. The molecular weight excluding hydrogens is 274 g/mol. The first kappa shape index (κ1) is 17.6. The van der Waals surface area contributed by atoms with Gasteiger partial charge in [-0.05, 0) is 44.7 Å². The summed E-state index contributed by atoms with van der Waals surface area (Å²) < 4.78 is 5.39. The molecule has 8 heteroatoms. The molecule has 1 aliphatic heterocycles. The van der Waals surface area contributed by atoms with Crippen LogP contribution in [0, 0.1) is 5.92 Å². The number of hydrogen-bond donors (Lipinski definition) is 2. The Morgan fingerprint density at radius 2 is 2.33 bits per heavy atom. The van der Waals surface area contributed by atoms with Crippen molar-refractivity contribution in [3.8, 4) is 0 Å². The van der Waals surface area contributed by atoms with E-state index in [-0.39, 0.29) is 0 Å². The maximum atomic E-state index is 10.7. The molecule has 0 bridgehead atoms. The van der Waals surface area contributed by atoms with Crippen molar-refractivity contribution in [3.63, 3.8) is 0 Å². The number of nitrogens with one attached hydrogen (secondary N) is 1. The third-order valence-electron chi connectivity index (χ3n) is 3.57. The highest BCUT2D eigenvalue weighted by Crippen LogP contribution is 2.25. The Labute approximate surface area is 125 Å². The highest BCUT2D eigenvalue weighted by molar-refractivity contribution is 5.65. The molecule has 1 aliphatic rings. The quantitative estimate of drug-likeness (QED) is 0.294. The molecule has 8 nitrogen and oxygen atoms in total. The van der Waals surface area contributed by atoms with Crippen molar-refractivity contribution in [3.05, 3.63) is 10.4 Å². The molecule has 0 radical (unpaired) electrons. The zero-order valence-corrected chi connectivity index (χ0v) is 12.8. The standard InChI is InChI=1S/C13H25N5O3/c1-13(2,16-12(19)20)9-11-3-5-18(10-11)6-8-21-7-4-15-17-14/h11,16H,3-10H2,1-2H3,(H,19,20)/t11-/m1/s1. The fourth-order valence-electron chi connectivity index (χ4n) is 2.79. The van der Waals surface area contributed by atoms with Crippen LogP contribution in [0.5, 0.6) is 0 Å². The Kier molecular flexibility index (Phi) is 7.28. The summed E-state index contributed by atoms with van der Waals surface area (Å²) in [5.74, 6) is 0.509. The SMILES string of the molecule is CC(C)(C[C@H]1CCN(CCOCCN=[N+]=[N-])C1)NC(=O)O. The summed E-state index contributed by atoms with van der Waals surface area (Å²) in [7, 11) is 0. The van der Waals surface area contributed by atoms with Gasteiger partial charge in [0.15, 0.2) is 0 Å². The molecule has 1 amide bonds. The number of azide groups is 1. The van der Waals surface area contributed by atoms with E-state index in [2.05, 4.69) is 20.2 Å². The van der Waals surface area contributed by atoms with E-state index < -0.39 is 11.6 Å². The molecule has 1 atom stereocenters. The Morgan fingerprint density at radius 1 is 1.57 bits per heavy atom. The second-order valence-electron chi connectivity index (χ2n) is 6.04. The van der Waals surface area contributed by atoms with Crippen LogP contribution < -0.4 is 5.32 Å². The van der Waals surface area contributed by atoms with Crippen molar-refractivity contribution in [2.75, 3.05) is 39.4 Å². The Morgan fingerprint density at radius 3 is 3.00 bits per heavy atom.